The first-order valence-corrected chi connectivity index (χ1v) is 11.5. The number of nitrogens with one attached hydrogen (secondary N) is 1. The summed E-state index contributed by atoms with van der Waals surface area (Å²) in [5.41, 5.74) is 5.78. The number of hydrogen-bond donors (Lipinski definition) is 1. The van der Waals surface area contributed by atoms with E-state index in [1.54, 1.807) is 42.5 Å². The molecule has 35 heavy (non-hydrogen) atoms. The molecule has 0 fully saturated rings. The third-order valence-electron chi connectivity index (χ3n) is 4.89. The summed E-state index contributed by atoms with van der Waals surface area (Å²) in [6, 6.07) is 31.3. The number of halogens is 1. The Morgan fingerprint density at radius 1 is 0.800 bits per heavy atom. The first kappa shape index (κ1) is 23.9. The van der Waals surface area contributed by atoms with E-state index in [0.717, 1.165) is 21.2 Å². The van der Waals surface area contributed by atoms with Gasteiger partial charge in [0.1, 0.15) is 11.5 Å². The highest BCUT2D eigenvalue weighted by atomic mass is 79.9. The van der Waals surface area contributed by atoms with Crippen LogP contribution in [0.5, 0.6) is 11.5 Å². The molecule has 0 aromatic heterocycles. The average molecular weight is 529 g/mol. The lowest BCUT2D eigenvalue weighted by molar-refractivity contribution is -0.123. The molecule has 0 aliphatic carbocycles. The molecule has 0 saturated carbocycles. The number of ether oxygens (including phenoxy) is 2. The lowest BCUT2D eigenvalue weighted by Crippen LogP contribution is -2.24. The summed E-state index contributed by atoms with van der Waals surface area (Å²) in [5.74, 6) is 0.169. The molecule has 1 N–H and O–H groups in total. The monoisotopic (exact) mass is 528 g/mol. The second-order valence-corrected chi connectivity index (χ2v) is 8.36. The molecule has 4 aromatic rings. The van der Waals surface area contributed by atoms with E-state index in [4.69, 9.17) is 9.47 Å². The summed E-state index contributed by atoms with van der Waals surface area (Å²) < 4.78 is 11.7. The first-order chi connectivity index (χ1) is 17.1. The highest BCUT2D eigenvalue weighted by molar-refractivity contribution is 9.10. The number of hydrogen-bond acceptors (Lipinski definition) is 5. The van der Waals surface area contributed by atoms with Gasteiger partial charge in [-0.05, 0) is 71.3 Å². The van der Waals surface area contributed by atoms with Crippen molar-refractivity contribution in [3.63, 3.8) is 0 Å². The van der Waals surface area contributed by atoms with Gasteiger partial charge < -0.3 is 9.47 Å². The van der Waals surface area contributed by atoms with Crippen molar-refractivity contribution in [2.24, 2.45) is 5.10 Å². The topological polar surface area (TPSA) is 77.0 Å². The van der Waals surface area contributed by atoms with Crippen molar-refractivity contribution in [2.45, 2.75) is 0 Å². The summed E-state index contributed by atoms with van der Waals surface area (Å²) in [7, 11) is 0. The molecule has 0 aliphatic heterocycles. The Hall–Kier alpha value is -4.23. The number of nitrogens with zero attached hydrogens (tertiary/aromatic N) is 1. The van der Waals surface area contributed by atoms with Gasteiger partial charge in [0, 0.05) is 4.47 Å². The van der Waals surface area contributed by atoms with Crippen molar-refractivity contribution in [3.8, 4) is 22.6 Å². The van der Waals surface area contributed by atoms with Gasteiger partial charge in [-0.2, -0.15) is 5.10 Å². The molecule has 7 heteroatoms. The number of hydrazone groups is 1. The van der Waals surface area contributed by atoms with E-state index in [-0.39, 0.29) is 12.5 Å². The van der Waals surface area contributed by atoms with Crippen LogP contribution in [0.3, 0.4) is 0 Å². The lowest BCUT2D eigenvalue weighted by Gasteiger charge is -2.07. The number of carbonyl (C=O) groups excluding carboxylic acids is 2. The third-order valence-corrected chi connectivity index (χ3v) is 5.38. The van der Waals surface area contributed by atoms with E-state index in [1.807, 2.05) is 60.7 Å². The van der Waals surface area contributed by atoms with Crippen molar-refractivity contribution < 1.29 is 19.1 Å². The summed E-state index contributed by atoms with van der Waals surface area (Å²) in [5, 5.41) is 3.94. The van der Waals surface area contributed by atoms with Crippen LogP contribution in [0.4, 0.5) is 0 Å². The Labute approximate surface area is 211 Å². The minimum Gasteiger partial charge on any atom is -0.484 e. The van der Waals surface area contributed by atoms with Gasteiger partial charge in [0.2, 0.25) is 0 Å². The molecule has 6 nitrogen and oxygen atoms in total. The van der Waals surface area contributed by atoms with Crippen molar-refractivity contribution in [3.05, 3.63) is 119 Å². The quantitative estimate of drug-likeness (QED) is 0.134. The fourth-order valence-electron chi connectivity index (χ4n) is 3.14. The van der Waals surface area contributed by atoms with Crippen LogP contribution in [0.25, 0.3) is 11.1 Å². The van der Waals surface area contributed by atoms with Crippen LogP contribution in [-0.4, -0.2) is 24.7 Å². The molecule has 1 amide bonds. The molecular formula is C28H21BrN2O4. The van der Waals surface area contributed by atoms with Crippen LogP contribution in [0, 0.1) is 0 Å². The van der Waals surface area contributed by atoms with Crippen molar-refractivity contribution in [2.75, 3.05) is 6.61 Å². The molecule has 0 radical (unpaired) electrons. The van der Waals surface area contributed by atoms with Crippen LogP contribution in [0.2, 0.25) is 0 Å². The van der Waals surface area contributed by atoms with Gasteiger partial charge in [-0.25, -0.2) is 10.2 Å². The van der Waals surface area contributed by atoms with Crippen LogP contribution in [-0.2, 0) is 4.79 Å². The molecule has 0 saturated heterocycles. The SMILES string of the molecule is O=C(COc1ccc(-c2ccccc2)cc1)NN=Cc1ccc(OC(=O)c2cccc(Br)c2)cc1. The number of rotatable bonds is 8. The summed E-state index contributed by atoms with van der Waals surface area (Å²) >= 11 is 3.33. The van der Waals surface area contributed by atoms with Gasteiger partial charge in [0.25, 0.3) is 5.91 Å². The van der Waals surface area contributed by atoms with E-state index >= 15 is 0 Å². The molecule has 0 aliphatic rings. The van der Waals surface area contributed by atoms with E-state index in [0.29, 0.717) is 17.1 Å². The minimum atomic E-state index is -0.449. The molecule has 0 spiro atoms. The van der Waals surface area contributed by atoms with Crippen LogP contribution in [0.15, 0.2) is 113 Å². The Morgan fingerprint density at radius 2 is 1.49 bits per heavy atom. The van der Waals surface area contributed by atoms with E-state index in [1.165, 1.54) is 6.21 Å². The molecular weight excluding hydrogens is 508 g/mol. The smallest absolute Gasteiger partial charge is 0.343 e. The number of carbonyl (C=O) groups is 2. The summed E-state index contributed by atoms with van der Waals surface area (Å²) in [4.78, 5) is 24.2. The zero-order valence-electron chi connectivity index (χ0n) is 18.6. The normalized spacial score (nSPS) is 10.7. The molecule has 0 unspecified atom stereocenters. The first-order valence-electron chi connectivity index (χ1n) is 10.7. The van der Waals surface area contributed by atoms with Crippen LogP contribution >= 0.6 is 15.9 Å². The highest BCUT2D eigenvalue weighted by Crippen LogP contribution is 2.22. The van der Waals surface area contributed by atoms with Gasteiger partial charge in [-0.3, -0.25) is 4.79 Å². The van der Waals surface area contributed by atoms with E-state index in [9.17, 15) is 9.59 Å². The zero-order chi connectivity index (χ0) is 24.5. The number of amides is 1. The number of esters is 1. The Balaban J connectivity index is 1.22. The van der Waals surface area contributed by atoms with Gasteiger partial charge in [-0.1, -0.05) is 64.5 Å². The van der Waals surface area contributed by atoms with Crippen molar-refractivity contribution in [1.82, 2.24) is 5.43 Å². The van der Waals surface area contributed by atoms with Crippen LogP contribution < -0.4 is 14.9 Å². The fraction of sp³-hybridized carbons (Fsp3) is 0.0357. The predicted molar refractivity (Wildman–Crippen MR) is 139 cm³/mol. The minimum absolute atomic E-state index is 0.160. The second-order valence-electron chi connectivity index (χ2n) is 7.44. The van der Waals surface area contributed by atoms with Gasteiger partial charge in [-0.15, -0.1) is 0 Å². The molecule has 0 atom stereocenters. The maximum atomic E-state index is 12.2. The summed E-state index contributed by atoms with van der Waals surface area (Å²) in [6.07, 6.45) is 1.49. The lowest BCUT2D eigenvalue weighted by atomic mass is 10.1. The number of benzene rings is 4. The Kier molecular flexibility index (Phi) is 8.04. The van der Waals surface area contributed by atoms with Gasteiger partial charge in [0.05, 0.1) is 11.8 Å². The largest absolute Gasteiger partial charge is 0.484 e. The average Bonchev–Trinajstić information content (AvgIpc) is 2.89. The maximum absolute atomic E-state index is 12.2. The van der Waals surface area contributed by atoms with Crippen molar-refractivity contribution in [1.29, 1.82) is 0 Å². The predicted octanol–water partition coefficient (Wildman–Crippen LogP) is 5.86. The third kappa shape index (κ3) is 7.12. The molecule has 4 rings (SSSR count). The second kappa shape index (κ2) is 11.8. The van der Waals surface area contributed by atoms with E-state index < -0.39 is 5.97 Å². The molecule has 0 bridgehead atoms. The fourth-order valence-corrected chi connectivity index (χ4v) is 3.54. The Morgan fingerprint density at radius 3 is 2.20 bits per heavy atom. The van der Waals surface area contributed by atoms with E-state index in [2.05, 4.69) is 26.5 Å². The van der Waals surface area contributed by atoms with Crippen LogP contribution in [0.1, 0.15) is 15.9 Å². The van der Waals surface area contributed by atoms with Crippen molar-refractivity contribution >= 4 is 34.0 Å². The highest BCUT2D eigenvalue weighted by Gasteiger charge is 2.09. The molecule has 174 valence electrons. The summed E-state index contributed by atoms with van der Waals surface area (Å²) in [6.45, 7) is -0.160. The molecule has 0 heterocycles. The zero-order valence-corrected chi connectivity index (χ0v) is 20.1. The van der Waals surface area contributed by atoms with Gasteiger partial charge >= 0.3 is 5.97 Å². The maximum Gasteiger partial charge on any atom is 0.343 e. The molecule has 4 aromatic carbocycles. The Bertz CT molecular complexity index is 1320. The van der Waals surface area contributed by atoms with Gasteiger partial charge in [0.15, 0.2) is 6.61 Å². The standard InChI is InChI=1S/C28H21BrN2O4/c29-24-8-4-7-23(17-24)28(33)35-26-13-9-20(10-14-26)18-30-31-27(32)19-34-25-15-11-22(12-16-25)21-5-2-1-3-6-21/h1-18H,19H2,(H,31,32).